The van der Waals surface area contributed by atoms with Crippen molar-refractivity contribution in [3.05, 3.63) is 35.4 Å². The molecule has 4 nitrogen and oxygen atoms in total. The number of carbonyl (C=O) groups is 2. The zero-order valence-corrected chi connectivity index (χ0v) is 14.3. The van der Waals surface area contributed by atoms with Gasteiger partial charge in [-0.3, -0.25) is 4.79 Å². The summed E-state index contributed by atoms with van der Waals surface area (Å²) in [5.74, 6) is -0.129. The van der Waals surface area contributed by atoms with Crippen molar-refractivity contribution in [2.75, 3.05) is 13.1 Å². The van der Waals surface area contributed by atoms with E-state index >= 15 is 0 Å². The number of carboxylic acid groups (broad SMARTS) is 1. The van der Waals surface area contributed by atoms with Crippen LogP contribution in [-0.4, -0.2) is 35.0 Å². The normalized spacial score (nSPS) is 16.4. The van der Waals surface area contributed by atoms with Crippen molar-refractivity contribution in [2.24, 2.45) is 11.3 Å². The molecule has 1 saturated heterocycles. The molecule has 0 bridgehead atoms. The molecule has 1 aliphatic rings. The Morgan fingerprint density at radius 2 is 1.78 bits per heavy atom. The molecule has 1 aromatic carbocycles. The second-order valence-electron chi connectivity index (χ2n) is 7.48. The third-order valence-electron chi connectivity index (χ3n) is 4.93. The summed E-state index contributed by atoms with van der Waals surface area (Å²) in [7, 11) is 0. The van der Waals surface area contributed by atoms with Gasteiger partial charge < -0.3 is 10.0 Å². The summed E-state index contributed by atoms with van der Waals surface area (Å²) >= 11 is 0. The number of aryl methyl sites for hydroxylation is 1. The molecule has 1 N–H and O–H groups in total. The first kappa shape index (κ1) is 17.5. The van der Waals surface area contributed by atoms with Crippen molar-refractivity contribution in [1.82, 2.24) is 4.90 Å². The maximum atomic E-state index is 12.4. The lowest BCUT2D eigenvalue weighted by molar-refractivity contribution is -0.133. The number of carboxylic acids is 1. The third-order valence-corrected chi connectivity index (χ3v) is 4.93. The standard InChI is InChI=1S/C19H27NO3/c1-19(2,3)15-10-12-20(13-11-15)17(21)9-8-14-6-4-5-7-16(14)18(22)23/h4-7,15H,8-13H2,1-3H3,(H,22,23). The predicted octanol–water partition coefficient (Wildman–Crippen LogP) is 3.60. The SMILES string of the molecule is CC(C)(C)C1CCN(C(=O)CCc2ccccc2C(=O)O)CC1. The Bertz CT molecular complexity index is 566. The van der Waals surface area contributed by atoms with Crippen LogP contribution >= 0.6 is 0 Å². The molecule has 0 saturated carbocycles. The zero-order chi connectivity index (χ0) is 17.0. The van der Waals surface area contributed by atoms with Crippen molar-refractivity contribution in [2.45, 2.75) is 46.5 Å². The Kier molecular flexibility index (Phi) is 5.45. The zero-order valence-electron chi connectivity index (χ0n) is 14.3. The number of likely N-dealkylation sites (tertiary alicyclic amines) is 1. The van der Waals surface area contributed by atoms with E-state index in [4.69, 9.17) is 0 Å². The number of rotatable bonds is 4. The van der Waals surface area contributed by atoms with Gasteiger partial charge in [-0.1, -0.05) is 39.0 Å². The van der Waals surface area contributed by atoms with Gasteiger partial charge in [0.25, 0.3) is 0 Å². The minimum atomic E-state index is -0.931. The molecule has 126 valence electrons. The van der Waals surface area contributed by atoms with Gasteiger partial charge >= 0.3 is 5.97 Å². The fraction of sp³-hybridized carbons (Fsp3) is 0.579. The molecule has 1 fully saturated rings. The van der Waals surface area contributed by atoms with Gasteiger partial charge in [0.05, 0.1) is 5.56 Å². The van der Waals surface area contributed by atoms with Crippen molar-refractivity contribution in [3.8, 4) is 0 Å². The maximum absolute atomic E-state index is 12.4. The van der Waals surface area contributed by atoms with E-state index in [9.17, 15) is 14.7 Å². The minimum absolute atomic E-state index is 0.137. The van der Waals surface area contributed by atoms with Crippen LogP contribution in [0.1, 0.15) is 56.0 Å². The first-order chi connectivity index (χ1) is 10.8. The van der Waals surface area contributed by atoms with E-state index in [1.807, 2.05) is 11.0 Å². The lowest BCUT2D eigenvalue weighted by Crippen LogP contribution is -2.41. The van der Waals surface area contributed by atoms with Crippen LogP contribution < -0.4 is 0 Å². The Labute approximate surface area is 138 Å². The van der Waals surface area contributed by atoms with E-state index in [1.165, 1.54) is 0 Å². The van der Waals surface area contributed by atoms with E-state index < -0.39 is 5.97 Å². The number of nitrogens with zero attached hydrogens (tertiary/aromatic N) is 1. The predicted molar refractivity (Wildman–Crippen MR) is 90.5 cm³/mol. The van der Waals surface area contributed by atoms with Crippen molar-refractivity contribution >= 4 is 11.9 Å². The Morgan fingerprint density at radius 1 is 1.17 bits per heavy atom. The topological polar surface area (TPSA) is 57.6 Å². The average molecular weight is 317 g/mol. The Hall–Kier alpha value is -1.84. The highest BCUT2D eigenvalue weighted by atomic mass is 16.4. The van der Waals surface area contributed by atoms with E-state index in [-0.39, 0.29) is 5.91 Å². The summed E-state index contributed by atoms with van der Waals surface area (Å²) in [5.41, 5.74) is 1.33. The molecule has 1 aliphatic heterocycles. The van der Waals surface area contributed by atoms with Gasteiger partial charge in [-0.2, -0.15) is 0 Å². The van der Waals surface area contributed by atoms with Crippen LogP contribution in [0.3, 0.4) is 0 Å². The van der Waals surface area contributed by atoms with Crippen LogP contribution in [0.2, 0.25) is 0 Å². The highest BCUT2D eigenvalue weighted by molar-refractivity contribution is 5.89. The molecule has 1 aromatic rings. The van der Waals surface area contributed by atoms with Gasteiger partial charge in [0.15, 0.2) is 0 Å². The summed E-state index contributed by atoms with van der Waals surface area (Å²) in [4.78, 5) is 25.5. The lowest BCUT2D eigenvalue weighted by atomic mass is 9.75. The first-order valence-electron chi connectivity index (χ1n) is 8.38. The molecule has 0 unspecified atom stereocenters. The molecular formula is C19H27NO3. The molecule has 0 aromatic heterocycles. The molecule has 0 spiro atoms. The first-order valence-corrected chi connectivity index (χ1v) is 8.38. The van der Waals surface area contributed by atoms with Crippen LogP contribution in [-0.2, 0) is 11.2 Å². The number of carbonyl (C=O) groups excluding carboxylic acids is 1. The monoisotopic (exact) mass is 317 g/mol. The van der Waals surface area contributed by atoms with E-state index in [0.29, 0.717) is 29.7 Å². The minimum Gasteiger partial charge on any atom is -0.478 e. The van der Waals surface area contributed by atoms with Gasteiger partial charge in [0.1, 0.15) is 0 Å². The second-order valence-corrected chi connectivity index (χ2v) is 7.48. The van der Waals surface area contributed by atoms with Crippen LogP contribution in [0.25, 0.3) is 0 Å². The molecule has 0 aliphatic carbocycles. The second kappa shape index (κ2) is 7.16. The van der Waals surface area contributed by atoms with Crippen LogP contribution in [0.15, 0.2) is 24.3 Å². The van der Waals surface area contributed by atoms with Gasteiger partial charge in [-0.25, -0.2) is 4.79 Å². The molecule has 1 amide bonds. The fourth-order valence-electron chi connectivity index (χ4n) is 3.34. The fourth-order valence-corrected chi connectivity index (χ4v) is 3.34. The van der Waals surface area contributed by atoms with Crippen molar-refractivity contribution in [3.63, 3.8) is 0 Å². The molecule has 1 heterocycles. The highest BCUT2D eigenvalue weighted by Gasteiger charge is 2.30. The number of amides is 1. The van der Waals surface area contributed by atoms with Gasteiger partial charge in [0.2, 0.25) is 5.91 Å². The number of hydrogen-bond acceptors (Lipinski definition) is 2. The van der Waals surface area contributed by atoms with Crippen LogP contribution in [0.5, 0.6) is 0 Å². The quantitative estimate of drug-likeness (QED) is 0.923. The number of piperidine rings is 1. The van der Waals surface area contributed by atoms with Crippen LogP contribution in [0.4, 0.5) is 0 Å². The number of aromatic carboxylic acids is 1. The molecule has 0 radical (unpaired) electrons. The number of hydrogen-bond donors (Lipinski definition) is 1. The molecule has 0 atom stereocenters. The summed E-state index contributed by atoms with van der Waals surface area (Å²) in [6, 6.07) is 6.92. The van der Waals surface area contributed by atoms with E-state index in [0.717, 1.165) is 31.5 Å². The summed E-state index contributed by atoms with van der Waals surface area (Å²) in [5, 5.41) is 9.19. The Morgan fingerprint density at radius 3 is 2.35 bits per heavy atom. The van der Waals surface area contributed by atoms with Gasteiger partial charge in [0, 0.05) is 19.5 Å². The number of benzene rings is 1. The average Bonchev–Trinajstić information content (AvgIpc) is 2.52. The van der Waals surface area contributed by atoms with Crippen molar-refractivity contribution in [1.29, 1.82) is 0 Å². The molecule has 23 heavy (non-hydrogen) atoms. The van der Waals surface area contributed by atoms with Gasteiger partial charge in [-0.15, -0.1) is 0 Å². The molecular weight excluding hydrogens is 290 g/mol. The van der Waals surface area contributed by atoms with Gasteiger partial charge in [-0.05, 0) is 42.2 Å². The summed E-state index contributed by atoms with van der Waals surface area (Å²) in [6.07, 6.45) is 2.98. The van der Waals surface area contributed by atoms with E-state index in [2.05, 4.69) is 20.8 Å². The Balaban J connectivity index is 1.88. The maximum Gasteiger partial charge on any atom is 0.335 e. The summed E-state index contributed by atoms with van der Waals surface area (Å²) in [6.45, 7) is 8.43. The van der Waals surface area contributed by atoms with Crippen LogP contribution in [0, 0.1) is 11.3 Å². The molecule has 4 heteroatoms. The third kappa shape index (κ3) is 4.57. The smallest absolute Gasteiger partial charge is 0.335 e. The molecule has 2 rings (SSSR count). The highest BCUT2D eigenvalue weighted by Crippen LogP contribution is 2.34. The lowest BCUT2D eigenvalue weighted by Gasteiger charge is -2.38. The van der Waals surface area contributed by atoms with E-state index in [1.54, 1.807) is 18.2 Å². The van der Waals surface area contributed by atoms with Crippen molar-refractivity contribution < 1.29 is 14.7 Å². The summed E-state index contributed by atoms with van der Waals surface area (Å²) < 4.78 is 0. The largest absolute Gasteiger partial charge is 0.478 e.